The zero-order chi connectivity index (χ0) is 13.7. The van der Waals surface area contributed by atoms with E-state index in [1.807, 2.05) is 0 Å². The fourth-order valence-corrected chi connectivity index (χ4v) is 3.09. The predicted octanol–water partition coefficient (Wildman–Crippen LogP) is 0.623. The number of hydrogen-bond acceptors (Lipinski definition) is 4. The molecule has 2 N–H and O–H groups in total. The number of carbonyl (C=O) groups excluding carboxylic acids is 1. The Labute approximate surface area is 115 Å². The van der Waals surface area contributed by atoms with E-state index in [1.165, 1.54) is 6.42 Å². The summed E-state index contributed by atoms with van der Waals surface area (Å²) in [4.78, 5) is 14.3. The van der Waals surface area contributed by atoms with E-state index in [0.29, 0.717) is 12.6 Å². The third kappa shape index (κ3) is 3.92. The van der Waals surface area contributed by atoms with Crippen molar-refractivity contribution >= 4 is 5.91 Å². The minimum atomic E-state index is -0.602. The molecule has 2 aliphatic rings. The molecule has 2 fully saturated rings. The summed E-state index contributed by atoms with van der Waals surface area (Å²) < 4.78 is 0. The van der Waals surface area contributed by atoms with Crippen LogP contribution in [0.4, 0.5) is 0 Å². The van der Waals surface area contributed by atoms with Crippen LogP contribution >= 0.6 is 0 Å². The van der Waals surface area contributed by atoms with Crippen LogP contribution in [-0.4, -0.2) is 48.6 Å². The van der Waals surface area contributed by atoms with Gasteiger partial charge in [0.25, 0.3) is 0 Å². The standard InChI is InChI=1S/C14H24N4O/c1-12-9-18(8-7-16-12)10-13(19)17-14(11-15)5-3-2-4-6-14/h12,16H,2-10H2,1H3,(H,17,19)/t12-/m1/s1. The Kier molecular flexibility index (Phi) is 4.78. The van der Waals surface area contributed by atoms with Crippen LogP contribution in [0.3, 0.4) is 0 Å². The van der Waals surface area contributed by atoms with Gasteiger partial charge in [-0.1, -0.05) is 19.3 Å². The summed E-state index contributed by atoms with van der Waals surface area (Å²) in [5.41, 5.74) is -0.602. The topological polar surface area (TPSA) is 68.2 Å². The van der Waals surface area contributed by atoms with Crippen LogP contribution in [0.25, 0.3) is 0 Å². The molecule has 1 amide bonds. The average molecular weight is 264 g/mol. The molecule has 5 nitrogen and oxygen atoms in total. The minimum absolute atomic E-state index is 0.00227. The Morgan fingerprint density at radius 2 is 2.21 bits per heavy atom. The lowest BCUT2D eigenvalue weighted by atomic mass is 9.83. The number of nitrogens with zero attached hydrogens (tertiary/aromatic N) is 2. The molecule has 0 aromatic heterocycles. The van der Waals surface area contributed by atoms with Crippen LogP contribution in [-0.2, 0) is 4.79 Å². The van der Waals surface area contributed by atoms with Crippen LogP contribution in [0.1, 0.15) is 39.0 Å². The molecule has 1 aliphatic carbocycles. The molecule has 1 atom stereocenters. The molecule has 0 spiro atoms. The van der Waals surface area contributed by atoms with Gasteiger partial charge in [0.15, 0.2) is 0 Å². The monoisotopic (exact) mass is 264 g/mol. The van der Waals surface area contributed by atoms with Crippen molar-refractivity contribution in [3.8, 4) is 6.07 Å². The lowest BCUT2D eigenvalue weighted by molar-refractivity contribution is -0.124. The number of rotatable bonds is 3. The van der Waals surface area contributed by atoms with Gasteiger partial charge < -0.3 is 10.6 Å². The highest BCUT2D eigenvalue weighted by Crippen LogP contribution is 2.27. The van der Waals surface area contributed by atoms with Crippen molar-refractivity contribution in [2.75, 3.05) is 26.2 Å². The molecule has 2 rings (SSSR count). The zero-order valence-electron chi connectivity index (χ0n) is 11.7. The van der Waals surface area contributed by atoms with Gasteiger partial charge in [0, 0.05) is 25.7 Å². The summed E-state index contributed by atoms with van der Waals surface area (Å²) in [5.74, 6) is -0.00227. The SMILES string of the molecule is C[C@@H]1CN(CC(=O)NC2(C#N)CCCCC2)CCN1. The van der Waals surface area contributed by atoms with E-state index in [0.717, 1.165) is 45.3 Å². The fraction of sp³-hybridized carbons (Fsp3) is 0.857. The van der Waals surface area contributed by atoms with Crippen molar-refractivity contribution < 1.29 is 4.79 Å². The number of nitrogens with one attached hydrogen (secondary N) is 2. The van der Waals surface area contributed by atoms with Crippen molar-refractivity contribution in [3.63, 3.8) is 0 Å². The van der Waals surface area contributed by atoms with Crippen LogP contribution in [0.15, 0.2) is 0 Å². The highest BCUT2D eigenvalue weighted by Gasteiger charge is 2.34. The number of nitriles is 1. The minimum Gasteiger partial charge on any atom is -0.337 e. The number of amides is 1. The van der Waals surface area contributed by atoms with Crippen molar-refractivity contribution in [3.05, 3.63) is 0 Å². The first-order valence-electron chi connectivity index (χ1n) is 7.31. The lowest BCUT2D eigenvalue weighted by Crippen LogP contribution is -2.55. The van der Waals surface area contributed by atoms with E-state index in [9.17, 15) is 10.1 Å². The van der Waals surface area contributed by atoms with E-state index in [4.69, 9.17) is 0 Å². The molecule has 5 heteroatoms. The van der Waals surface area contributed by atoms with Crippen LogP contribution in [0.5, 0.6) is 0 Å². The number of hydrogen-bond donors (Lipinski definition) is 2. The van der Waals surface area contributed by atoms with Crippen LogP contribution < -0.4 is 10.6 Å². The largest absolute Gasteiger partial charge is 0.337 e. The Morgan fingerprint density at radius 1 is 1.47 bits per heavy atom. The maximum atomic E-state index is 12.1. The van der Waals surface area contributed by atoms with Gasteiger partial charge in [0.2, 0.25) is 5.91 Å². The summed E-state index contributed by atoms with van der Waals surface area (Å²) in [6.45, 7) is 5.26. The first-order valence-corrected chi connectivity index (χ1v) is 7.31. The molecule has 0 aromatic carbocycles. The molecule has 1 saturated carbocycles. The Balaban J connectivity index is 1.84. The van der Waals surface area contributed by atoms with Gasteiger partial charge in [-0.05, 0) is 19.8 Å². The number of piperazine rings is 1. The van der Waals surface area contributed by atoms with Gasteiger partial charge >= 0.3 is 0 Å². The summed E-state index contributed by atoms with van der Waals surface area (Å²) in [7, 11) is 0. The highest BCUT2D eigenvalue weighted by molar-refractivity contribution is 5.79. The molecule has 106 valence electrons. The third-order valence-electron chi connectivity index (χ3n) is 4.12. The van der Waals surface area contributed by atoms with E-state index in [1.54, 1.807) is 0 Å². The van der Waals surface area contributed by atoms with Gasteiger partial charge in [0.05, 0.1) is 12.6 Å². The quantitative estimate of drug-likeness (QED) is 0.784. The third-order valence-corrected chi connectivity index (χ3v) is 4.12. The average Bonchev–Trinajstić information content (AvgIpc) is 2.39. The van der Waals surface area contributed by atoms with Gasteiger partial charge in [0.1, 0.15) is 5.54 Å². The number of carbonyl (C=O) groups is 1. The van der Waals surface area contributed by atoms with Crippen LogP contribution in [0.2, 0.25) is 0 Å². The molecule has 1 saturated heterocycles. The predicted molar refractivity (Wildman–Crippen MR) is 73.5 cm³/mol. The second-order valence-corrected chi connectivity index (χ2v) is 5.89. The first-order chi connectivity index (χ1) is 9.13. The molecule has 0 bridgehead atoms. The normalized spacial score (nSPS) is 27.5. The molecular formula is C14H24N4O. The molecule has 19 heavy (non-hydrogen) atoms. The zero-order valence-corrected chi connectivity index (χ0v) is 11.7. The Bertz CT molecular complexity index is 357. The second-order valence-electron chi connectivity index (χ2n) is 5.89. The molecule has 1 aliphatic heterocycles. The second kappa shape index (κ2) is 6.36. The van der Waals surface area contributed by atoms with E-state index >= 15 is 0 Å². The summed E-state index contributed by atoms with van der Waals surface area (Å²) >= 11 is 0. The Morgan fingerprint density at radius 3 is 2.84 bits per heavy atom. The summed E-state index contributed by atoms with van der Waals surface area (Å²) in [5, 5.41) is 15.7. The van der Waals surface area contributed by atoms with E-state index in [-0.39, 0.29) is 5.91 Å². The van der Waals surface area contributed by atoms with Crippen molar-refractivity contribution in [1.82, 2.24) is 15.5 Å². The van der Waals surface area contributed by atoms with Gasteiger partial charge in [-0.15, -0.1) is 0 Å². The summed E-state index contributed by atoms with van der Waals surface area (Å²) in [6, 6.07) is 2.76. The smallest absolute Gasteiger partial charge is 0.235 e. The molecule has 0 aromatic rings. The maximum absolute atomic E-state index is 12.1. The molecular weight excluding hydrogens is 240 g/mol. The van der Waals surface area contributed by atoms with Crippen LogP contribution in [0, 0.1) is 11.3 Å². The highest BCUT2D eigenvalue weighted by atomic mass is 16.2. The molecule has 0 unspecified atom stereocenters. The lowest BCUT2D eigenvalue weighted by Gasteiger charge is -2.34. The first kappa shape index (κ1) is 14.3. The van der Waals surface area contributed by atoms with Gasteiger partial charge in [-0.2, -0.15) is 5.26 Å². The van der Waals surface area contributed by atoms with E-state index in [2.05, 4.69) is 28.5 Å². The molecule has 1 heterocycles. The summed E-state index contributed by atoms with van der Waals surface area (Å²) in [6.07, 6.45) is 4.85. The fourth-order valence-electron chi connectivity index (χ4n) is 3.09. The van der Waals surface area contributed by atoms with Crippen molar-refractivity contribution in [1.29, 1.82) is 5.26 Å². The van der Waals surface area contributed by atoms with Gasteiger partial charge in [-0.25, -0.2) is 0 Å². The van der Waals surface area contributed by atoms with Gasteiger partial charge in [-0.3, -0.25) is 9.69 Å². The van der Waals surface area contributed by atoms with Crippen molar-refractivity contribution in [2.24, 2.45) is 0 Å². The van der Waals surface area contributed by atoms with E-state index < -0.39 is 5.54 Å². The molecule has 0 radical (unpaired) electrons. The Hall–Kier alpha value is -1.12. The van der Waals surface area contributed by atoms with Crippen molar-refractivity contribution in [2.45, 2.75) is 50.6 Å². The maximum Gasteiger partial charge on any atom is 0.235 e.